The van der Waals surface area contributed by atoms with Gasteiger partial charge in [0.1, 0.15) is 11.5 Å². The Kier molecular flexibility index (Phi) is 6.85. The van der Waals surface area contributed by atoms with E-state index in [1.54, 1.807) is 12.1 Å². The van der Waals surface area contributed by atoms with Crippen LogP contribution in [0.5, 0.6) is 0 Å². The molecular formula is C25H28FN3O3. The van der Waals surface area contributed by atoms with E-state index >= 15 is 0 Å². The Morgan fingerprint density at radius 1 is 1.12 bits per heavy atom. The molecule has 1 fully saturated rings. The maximum absolute atomic E-state index is 13.5. The molecule has 1 amide bonds. The van der Waals surface area contributed by atoms with E-state index in [1.165, 1.54) is 12.1 Å². The van der Waals surface area contributed by atoms with Crippen molar-refractivity contribution in [2.24, 2.45) is 0 Å². The minimum Gasteiger partial charge on any atom is -0.378 e. The Balaban J connectivity index is 1.75. The molecule has 0 saturated carbocycles. The summed E-state index contributed by atoms with van der Waals surface area (Å²) < 4.78 is 24.8. The van der Waals surface area contributed by atoms with Gasteiger partial charge in [-0.2, -0.15) is 0 Å². The Bertz CT molecular complexity index is 1030. The van der Waals surface area contributed by atoms with E-state index in [4.69, 9.17) is 9.26 Å². The zero-order valence-corrected chi connectivity index (χ0v) is 18.5. The zero-order valence-electron chi connectivity index (χ0n) is 18.5. The van der Waals surface area contributed by atoms with Crippen molar-refractivity contribution < 1.29 is 18.4 Å². The molecule has 2 heterocycles. The van der Waals surface area contributed by atoms with Gasteiger partial charge in [-0.1, -0.05) is 30.3 Å². The van der Waals surface area contributed by atoms with Gasteiger partial charge in [0.05, 0.1) is 25.3 Å². The van der Waals surface area contributed by atoms with E-state index in [9.17, 15) is 9.18 Å². The van der Waals surface area contributed by atoms with Crippen LogP contribution < -0.4 is 4.90 Å². The van der Waals surface area contributed by atoms with E-state index in [-0.39, 0.29) is 17.8 Å². The fourth-order valence-corrected chi connectivity index (χ4v) is 3.86. The van der Waals surface area contributed by atoms with Crippen molar-refractivity contribution in [1.29, 1.82) is 0 Å². The number of nitrogens with zero attached hydrogens (tertiary/aromatic N) is 3. The van der Waals surface area contributed by atoms with Gasteiger partial charge in [0.15, 0.2) is 0 Å². The predicted molar refractivity (Wildman–Crippen MR) is 121 cm³/mol. The lowest BCUT2D eigenvalue weighted by Crippen LogP contribution is -2.39. The van der Waals surface area contributed by atoms with Gasteiger partial charge in [-0.15, -0.1) is 0 Å². The van der Waals surface area contributed by atoms with E-state index in [0.29, 0.717) is 50.0 Å². The molecule has 0 aliphatic carbocycles. The minimum absolute atomic E-state index is 0.0104. The molecule has 168 valence electrons. The van der Waals surface area contributed by atoms with Crippen LogP contribution in [0.25, 0.3) is 11.3 Å². The second-order valence-corrected chi connectivity index (χ2v) is 7.98. The summed E-state index contributed by atoms with van der Waals surface area (Å²) in [5, 5.41) is 4.34. The molecule has 1 aromatic heterocycles. The molecule has 7 heteroatoms. The number of aromatic nitrogens is 1. The third-order valence-electron chi connectivity index (χ3n) is 5.92. The molecule has 0 radical (unpaired) electrons. The van der Waals surface area contributed by atoms with E-state index in [1.807, 2.05) is 42.2 Å². The average molecular weight is 438 g/mol. The third kappa shape index (κ3) is 4.67. The maximum Gasteiger partial charge on any atom is 0.254 e. The topological polar surface area (TPSA) is 58.8 Å². The molecule has 1 aliphatic heterocycles. The van der Waals surface area contributed by atoms with Crippen LogP contribution in [-0.4, -0.2) is 48.3 Å². The summed E-state index contributed by atoms with van der Waals surface area (Å²) in [7, 11) is 0. The molecule has 0 spiro atoms. The van der Waals surface area contributed by atoms with Crippen LogP contribution in [0.2, 0.25) is 0 Å². The van der Waals surface area contributed by atoms with Crippen LogP contribution in [0.4, 0.5) is 10.3 Å². The van der Waals surface area contributed by atoms with Gasteiger partial charge in [0.25, 0.3) is 5.91 Å². The second kappa shape index (κ2) is 9.96. The molecule has 1 aliphatic rings. The van der Waals surface area contributed by atoms with Gasteiger partial charge >= 0.3 is 0 Å². The standard InChI is InChI=1S/C25H28FN3O3/c1-3-18(2)29(24(30)20-7-5-4-6-8-20)17-22-23(19-9-11-21(26)12-10-19)27-32-25(22)28-13-15-31-16-14-28/h4-12,18H,3,13-17H2,1-2H3/t18-/m0/s1. The van der Waals surface area contributed by atoms with Crippen molar-refractivity contribution in [3.63, 3.8) is 0 Å². The monoisotopic (exact) mass is 437 g/mol. The summed E-state index contributed by atoms with van der Waals surface area (Å²) >= 11 is 0. The van der Waals surface area contributed by atoms with E-state index < -0.39 is 0 Å². The second-order valence-electron chi connectivity index (χ2n) is 7.98. The van der Waals surface area contributed by atoms with Gasteiger partial charge in [0.2, 0.25) is 5.88 Å². The normalized spacial score (nSPS) is 14.9. The number of rotatable bonds is 7. The molecule has 0 bridgehead atoms. The molecule has 4 rings (SSSR count). The van der Waals surface area contributed by atoms with Gasteiger partial charge in [-0.25, -0.2) is 4.39 Å². The number of anilines is 1. The van der Waals surface area contributed by atoms with Crippen molar-refractivity contribution in [2.45, 2.75) is 32.9 Å². The molecule has 32 heavy (non-hydrogen) atoms. The highest BCUT2D eigenvalue weighted by atomic mass is 19.1. The average Bonchev–Trinajstić information content (AvgIpc) is 3.26. The summed E-state index contributed by atoms with van der Waals surface area (Å²) in [6.07, 6.45) is 0.808. The molecule has 2 aromatic carbocycles. The maximum atomic E-state index is 13.5. The number of carbonyl (C=O) groups is 1. The molecule has 0 unspecified atom stereocenters. The molecule has 0 N–H and O–H groups in total. The fourth-order valence-electron chi connectivity index (χ4n) is 3.86. The number of carbonyl (C=O) groups excluding carboxylic acids is 1. The smallest absolute Gasteiger partial charge is 0.254 e. The van der Waals surface area contributed by atoms with Crippen LogP contribution in [-0.2, 0) is 11.3 Å². The zero-order chi connectivity index (χ0) is 22.5. The van der Waals surface area contributed by atoms with Crippen LogP contribution in [0.1, 0.15) is 36.2 Å². The number of hydrogen-bond donors (Lipinski definition) is 0. The minimum atomic E-state index is -0.312. The highest BCUT2D eigenvalue weighted by Gasteiger charge is 2.29. The van der Waals surface area contributed by atoms with E-state index in [0.717, 1.165) is 17.5 Å². The first kappa shape index (κ1) is 22.0. The number of hydrogen-bond acceptors (Lipinski definition) is 5. The lowest BCUT2D eigenvalue weighted by molar-refractivity contribution is 0.0671. The van der Waals surface area contributed by atoms with Crippen LogP contribution in [0.3, 0.4) is 0 Å². The Labute approximate surface area is 187 Å². The number of benzene rings is 2. The number of amides is 1. The van der Waals surface area contributed by atoms with Gasteiger partial charge < -0.3 is 19.1 Å². The number of halogens is 1. The molecule has 1 atom stereocenters. The number of morpholine rings is 1. The highest BCUT2D eigenvalue weighted by Crippen LogP contribution is 2.34. The van der Waals surface area contributed by atoms with Crippen molar-refractivity contribution in [3.8, 4) is 11.3 Å². The Morgan fingerprint density at radius 2 is 1.81 bits per heavy atom. The molecular weight excluding hydrogens is 409 g/mol. The van der Waals surface area contributed by atoms with Crippen molar-refractivity contribution in [2.75, 3.05) is 31.2 Å². The quantitative estimate of drug-likeness (QED) is 0.534. The first-order valence-electron chi connectivity index (χ1n) is 11.0. The van der Waals surface area contributed by atoms with Gasteiger partial charge in [-0.3, -0.25) is 4.79 Å². The third-order valence-corrected chi connectivity index (χ3v) is 5.92. The summed E-state index contributed by atoms with van der Waals surface area (Å²) in [4.78, 5) is 17.4. The van der Waals surface area contributed by atoms with E-state index in [2.05, 4.69) is 17.0 Å². The summed E-state index contributed by atoms with van der Waals surface area (Å²) in [5.41, 5.74) is 2.84. The Morgan fingerprint density at radius 3 is 2.47 bits per heavy atom. The SMILES string of the molecule is CC[C@H](C)N(Cc1c(-c2ccc(F)cc2)noc1N1CCOCC1)C(=O)c1ccccc1. The first-order chi connectivity index (χ1) is 15.6. The van der Waals surface area contributed by atoms with Crippen LogP contribution in [0.15, 0.2) is 59.1 Å². The van der Waals surface area contributed by atoms with Gasteiger partial charge in [-0.05, 0) is 49.7 Å². The highest BCUT2D eigenvalue weighted by molar-refractivity contribution is 5.94. The molecule has 3 aromatic rings. The van der Waals surface area contributed by atoms with Crippen LogP contribution >= 0.6 is 0 Å². The lowest BCUT2D eigenvalue weighted by Gasteiger charge is -2.31. The largest absolute Gasteiger partial charge is 0.378 e. The first-order valence-corrected chi connectivity index (χ1v) is 11.0. The molecule has 6 nitrogen and oxygen atoms in total. The van der Waals surface area contributed by atoms with Crippen molar-refractivity contribution in [1.82, 2.24) is 10.1 Å². The summed E-state index contributed by atoms with van der Waals surface area (Å²) in [6, 6.07) is 15.5. The predicted octanol–water partition coefficient (Wildman–Crippen LogP) is 4.76. The van der Waals surface area contributed by atoms with Crippen molar-refractivity contribution in [3.05, 3.63) is 71.5 Å². The molecule has 1 saturated heterocycles. The lowest BCUT2D eigenvalue weighted by atomic mass is 10.0. The Hall–Kier alpha value is -3.19. The van der Waals surface area contributed by atoms with Crippen molar-refractivity contribution >= 4 is 11.8 Å². The van der Waals surface area contributed by atoms with Crippen LogP contribution in [0, 0.1) is 5.82 Å². The summed E-state index contributed by atoms with van der Waals surface area (Å²) in [6.45, 7) is 7.01. The fraction of sp³-hybridized carbons (Fsp3) is 0.360. The summed E-state index contributed by atoms with van der Waals surface area (Å²) in [5.74, 6) is 0.286. The number of ether oxygens (including phenoxy) is 1. The van der Waals surface area contributed by atoms with Gasteiger partial charge in [0, 0.05) is 30.3 Å².